The van der Waals surface area contributed by atoms with Crippen molar-refractivity contribution in [1.82, 2.24) is 0 Å². The second-order valence-electron chi connectivity index (χ2n) is 6.85. The van der Waals surface area contributed by atoms with Crippen LogP contribution in [-0.4, -0.2) is 18.5 Å². The van der Waals surface area contributed by atoms with Crippen molar-refractivity contribution in [3.05, 3.63) is 64.7 Å². The first-order valence-electron chi connectivity index (χ1n) is 8.94. The summed E-state index contributed by atoms with van der Waals surface area (Å²) < 4.78 is 10.7. The third kappa shape index (κ3) is 5.45. The quantitative estimate of drug-likeness (QED) is 0.394. The molecule has 0 aliphatic heterocycles. The maximum absolute atomic E-state index is 12.5. The van der Waals surface area contributed by atoms with Gasteiger partial charge in [0.2, 0.25) is 0 Å². The van der Waals surface area contributed by atoms with Crippen LogP contribution >= 0.6 is 0 Å². The maximum Gasteiger partial charge on any atom is 0.344 e. The van der Waals surface area contributed by atoms with Gasteiger partial charge in [-0.15, -0.1) is 0 Å². The molecule has 0 unspecified atom stereocenters. The number of esters is 2. The minimum Gasteiger partial charge on any atom is -0.462 e. The summed E-state index contributed by atoms with van der Waals surface area (Å²) in [6.07, 6.45) is 1.79. The topological polar surface area (TPSA) is 52.6 Å². The van der Waals surface area contributed by atoms with Gasteiger partial charge in [0.1, 0.15) is 5.75 Å². The molecule has 0 atom stereocenters. The molecule has 0 bridgehead atoms. The van der Waals surface area contributed by atoms with E-state index in [1.165, 1.54) is 0 Å². The van der Waals surface area contributed by atoms with Gasteiger partial charge in [-0.1, -0.05) is 32.0 Å². The van der Waals surface area contributed by atoms with E-state index in [1.807, 2.05) is 19.9 Å². The number of benzene rings is 2. The highest BCUT2D eigenvalue weighted by Crippen LogP contribution is 2.19. The van der Waals surface area contributed by atoms with E-state index in [-0.39, 0.29) is 11.1 Å². The molecule has 2 aromatic carbocycles. The number of carbonyl (C=O) groups is 2. The predicted octanol–water partition coefficient (Wildman–Crippen LogP) is 5.12. The van der Waals surface area contributed by atoms with Gasteiger partial charge in [0.05, 0.1) is 17.7 Å². The van der Waals surface area contributed by atoms with Crippen molar-refractivity contribution in [3.63, 3.8) is 0 Å². The summed E-state index contributed by atoms with van der Waals surface area (Å²) in [5.74, 6) is -0.0449. The number of hydrogen-bond donors (Lipinski definition) is 0. The van der Waals surface area contributed by atoms with Crippen LogP contribution in [0.4, 0.5) is 0 Å². The lowest BCUT2D eigenvalue weighted by atomic mass is 10.1. The second-order valence-corrected chi connectivity index (χ2v) is 6.85. The third-order valence-electron chi connectivity index (χ3n) is 4.21. The van der Waals surface area contributed by atoms with E-state index in [9.17, 15) is 9.59 Å². The lowest BCUT2D eigenvalue weighted by Crippen LogP contribution is -2.16. The first-order valence-corrected chi connectivity index (χ1v) is 8.94. The number of carbonyl (C=O) groups excluding carboxylic acids is 2. The Labute approximate surface area is 155 Å². The van der Waals surface area contributed by atoms with Crippen LogP contribution < -0.4 is 4.74 Å². The van der Waals surface area contributed by atoms with Gasteiger partial charge in [-0.3, -0.25) is 0 Å². The molecule has 0 aromatic heterocycles. The summed E-state index contributed by atoms with van der Waals surface area (Å²) in [5.41, 5.74) is 2.59. The van der Waals surface area contributed by atoms with E-state index in [1.54, 1.807) is 36.4 Å². The van der Waals surface area contributed by atoms with Crippen LogP contribution in [0.1, 0.15) is 58.5 Å². The highest BCUT2D eigenvalue weighted by atomic mass is 16.5. The normalized spacial score (nSPS) is 10.7. The molecule has 0 saturated heterocycles. The summed E-state index contributed by atoms with van der Waals surface area (Å²) in [6.45, 7) is 8.54. The lowest BCUT2D eigenvalue weighted by molar-refractivity contribution is 0.0486. The molecule has 2 aromatic rings. The van der Waals surface area contributed by atoms with Gasteiger partial charge in [0.15, 0.2) is 0 Å². The smallest absolute Gasteiger partial charge is 0.344 e. The average Bonchev–Trinajstić information content (AvgIpc) is 2.61. The number of rotatable bonds is 7. The Kier molecular flexibility index (Phi) is 6.96. The van der Waals surface area contributed by atoms with Gasteiger partial charge in [-0.25, -0.2) is 9.59 Å². The van der Waals surface area contributed by atoms with Crippen molar-refractivity contribution in [2.75, 3.05) is 6.61 Å². The molecular formula is C22H26O4. The van der Waals surface area contributed by atoms with Gasteiger partial charge in [0.25, 0.3) is 0 Å². The molecule has 4 heteroatoms. The zero-order valence-corrected chi connectivity index (χ0v) is 15.9. The van der Waals surface area contributed by atoms with E-state index in [2.05, 4.69) is 13.8 Å². The molecule has 0 heterocycles. The number of ether oxygens (including phenoxy) is 2. The van der Waals surface area contributed by atoms with E-state index in [0.29, 0.717) is 18.3 Å². The van der Waals surface area contributed by atoms with Crippen LogP contribution in [0.15, 0.2) is 42.5 Å². The Hall–Kier alpha value is -2.62. The largest absolute Gasteiger partial charge is 0.462 e. The van der Waals surface area contributed by atoms with E-state index in [0.717, 1.165) is 24.0 Å². The molecular weight excluding hydrogens is 328 g/mol. The summed E-state index contributed by atoms with van der Waals surface area (Å²) in [4.78, 5) is 24.9. The van der Waals surface area contributed by atoms with Crippen LogP contribution in [0.25, 0.3) is 0 Å². The second kappa shape index (κ2) is 9.18. The van der Waals surface area contributed by atoms with Crippen molar-refractivity contribution < 1.29 is 19.1 Å². The zero-order valence-electron chi connectivity index (χ0n) is 15.9. The standard InChI is InChI=1S/C22H26O4/c1-15(2)8-7-13-25-21(23)19-9-5-6-10-20(19)22(24)26-18-12-11-16(3)17(4)14-18/h5-6,9-12,14-15H,7-8,13H2,1-4H3. The van der Waals surface area contributed by atoms with Crippen LogP contribution in [0.2, 0.25) is 0 Å². The average molecular weight is 354 g/mol. The number of aryl methyl sites for hydroxylation is 2. The molecule has 0 aliphatic rings. The molecule has 0 radical (unpaired) electrons. The fourth-order valence-corrected chi connectivity index (χ4v) is 2.51. The van der Waals surface area contributed by atoms with Gasteiger partial charge in [0, 0.05) is 0 Å². The molecule has 0 N–H and O–H groups in total. The molecule has 0 aliphatic carbocycles. The maximum atomic E-state index is 12.5. The molecule has 0 saturated carbocycles. The predicted molar refractivity (Wildman–Crippen MR) is 102 cm³/mol. The molecule has 4 nitrogen and oxygen atoms in total. The zero-order chi connectivity index (χ0) is 19.1. The van der Waals surface area contributed by atoms with Crippen molar-refractivity contribution in [1.29, 1.82) is 0 Å². The Bertz CT molecular complexity index is 777. The van der Waals surface area contributed by atoms with Crippen molar-refractivity contribution in [2.45, 2.75) is 40.5 Å². The minimum atomic E-state index is -0.567. The Balaban J connectivity index is 2.08. The van der Waals surface area contributed by atoms with Crippen molar-refractivity contribution in [2.24, 2.45) is 5.92 Å². The highest BCUT2D eigenvalue weighted by Gasteiger charge is 2.19. The first-order chi connectivity index (χ1) is 12.4. The Morgan fingerprint density at radius 1 is 0.923 bits per heavy atom. The summed E-state index contributed by atoms with van der Waals surface area (Å²) in [7, 11) is 0. The fourth-order valence-electron chi connectivity index (χ4n) is 2.51. The van der Waals surface area contributed by atoms with Crippen molar-refractivity contribution >= 4 is 11.9 Å². The molecule has 0 spiro atoms. The van der Waals surface area contributed by atoms with Crippen LogP contribution in [-0.2, 0) is 4.74 Å². The van der Waals surface area contributed by atoms with E-state index in [4.69, 9.17) is 9.47 Å². The van der Waals surface area contributed by atoms with Gasteiger partial charge >= 0.3 is 11.9 Å². The summed E-state index contributed by atoms with van der Waals surface area (Å²) in [5, 5.41) is 0. The van der Waals surface area contributed by atoms with Gasteiger partial charge in [-0.2, -0.15) is 0 Å². The van der Waals surface area contributed by atoms with Crippen LogP contribution in [0, 0.1) is 19.8 Å². The van der Waals surface area contributed by atoms with Crippen LogP contribution in [0.5, 0.6) is 5.75 Å². The monoisotopic (exact) mass is 354 g/mol. The third-order valence-corrected chi connectivity index (χ3v) is 4.21. The number of hydrogen-bond acceptors (Lipinski definition) is 4. The van der Waals surface area contributed by atoms with E-state index < -0.39 is 11.9 Å². The molecule has 0 fully saturated rings. The summed E-state index contributed by atoms with van der Waals surface area (Å²) in [6, 6.07) is 12.0. The van der Waals surface area contributed by atoms with E-state index >= 15 is 0 Å². The minimum absolute atomic E-state index is 0.208. The Morgan fingerprint density at radius 2 is 1.58 bits per heavy atom. The molecule has 26 heavy (non-hydrogen) atoms. The molecule has 138 valence electrons. The van der Waals surface area contributed by atoms with Gasteiger partial charge in [-0.05, 0) is 68.0 Å². The lowest BCUT2D eigenvalue weighted by Gasteiger charge is -2.11. The van der Waals surface area contributed by atoms with Crippen LogP contribution in [0.3, 0.4) is 0 Å². The SMILES string of the molecule is Cc1ccc(OC(=O)c2ccccc2C(=O)OCCCC(C)C)cc1C. The van der Waals surface area contributed by atoms with Crippen molar-refractivity contribution in [3.8, 4) is 5.75 Å². The van der Waals surface area contributed by atoms with Gasteiger partial charge < -0.3 is 9.47 Å². The first kappa shape index (κ1) is 19.7. The molecule has 0 amide bonds. The summed E-state index contributed by atoms with van der Waals surface area (Å²) >= 11 is 0. The fraction of sp³-hybridized carbons (Fsp3) is 0.364. The Morgan fingerprint density at radius 3 is 2.19 bits per heavy atom. The molecule has 2 rings (SSSR count). The highest BCUT2D eigenvalue weighted by molar-refractivity contribution is 6.03.